The van der Waals surface area contributed by atoms with Crippen LogP contribution in [-0.4, -0.2) is 58.3 Å². The number of nitrogens with zero attached hydrogens (tertiary/aromatic N) is 1. The van der Waals surface area contributed by atoms with E-state index in [1.54, 1.807) is 82.5 Å². The molecule has 4 N–H and O–H groups in total. The van der Waals surface area contributed by atoms with Gasteiger partial charge < -0.3 is 35.2 Å². The molecular formula is C36H47N3O7. The molecule has 248 valence electrons. The van der Waals surface area contributed by atoms with Gasteiger partial charge in [0.05, 0.1) is 7.11 Å². The summed E-state index contributed by atoms with van der Waals surface area (Å²) >= 11 is 0. The standard InChI is InChI=1S/C36H47N3O7/c1-6-7-8-9-12-23-39(34(43)30(38-35(44)46-36(2,3)4)24-25-15-19-27(40)20-16-25)32(29-13-10-11-14-31(29)41)33(42)37-26-17-21-28(45-5)22-18-26/h10-11,13-22,30,32,40-41H,6-9,12,23-24H2,1-5H3,(H,37,42)(H,38,44). The number of benzene rings is 3. The monoisotopic (exact) mass is 633 g/mol. The number of carbonyl (C=O) groups is 3. The number of alkyl carbamates (subject to hydrolysis) is 1. The zero-order chi connectivity index (χ0) is 33.7. The predicted octanol–water partition coefficient (Wildman–Crippen LogP) is 6.72. The number of amides is 3. The van der Waals surface area contributed by atoms with Crippen molar-refractivity contribution in [1.82, 2.24) is 10.2 Å². The van der Waals surface area contributed by atoms with Crippen molar-refractivity contribution >= 4 is 23.6 Å². The maximum absolute atomic E-state index is 14.6. The number of carbonyl (C=O) groups excluding carboxylic acids is 3. The van der Waals surface area contributed by atoms with Crippen molar-refractivity contribution in [3.63, 3.8) is 0 Å². The molecule has 0 aliphatic rings. The SMILES string of the molecule is CCCCCCCN(C(=O)C(Cc1ccc(O)cc1)NC(=O)OC(C)(C)C)C(C(=O)Nc1ccc(OC)cc1)c1ccccc1O. The lowest BCUT2D eigenvalue weighted by molar-refractivity contribution is -0.141. The molecule has 10 nitrogen and oxygen atoms in total. The fraction of sp³-hybridized carbons (Fsp3) is 0.417. The van der Waals surface area contributed by atoms with Crippen molar-refractivity contribution in [2.24, 2.45) is 0 Å². The van der Waals surface area contributed by atoms with Gasteiger partial charge in [-0.2, -0.15) is 0 Å². The quantitative estimate of drug-likeness (QED) is 0.136. The number of aromatic hydroxyl groups is 2. The number of anilines is 1. The first-order valence-electron chi connectivity index (χ1n) is 15.7. The summed E-state index contributed by atoms with van der Waals surface area (Å²) in [5.41, 5.74) is 0.591. The lowest BCUT2D eigenvalue weighted by Crippen LogP contribution is -2.53. The normalized spacial score (nSPS) is 12.5. The zero-order valence-electron chi connectivity index (χ0n) is 27.4. The molecule has 0 saturated heterocycles. The van der Waals surface area contributed by atoms with Crippen LogP contribution in [0.2, 0.25) is 0 Å². The number of unbranched alkanes of at least 4 members (excludes halogenated alkanes) is 4. The van der Waals surface area contributed by atoms with Crippen LogP contribution in [0.5, 0.6) is 17.2 Å². The molecule has 0 bridgehead atoms. The van der Waals surface area contributed by atoms with Crippen molar-refractivity contribution in [1.29, 1.82) is 0 Å². The molecule has 0 aliphatic carbocycles. The van der Waals surface area contributed by atoms with Gasteiger partial charge in [0.15, 0.2) is 0 Å². The second-order valence-electron chi connectivity index (χ2n) is 12.2. The van der Waals surface area contributed by atoms with Crippen molar-refractivity contribution < 1.29 is 34.1 Å². The van der Waals surface area contributed by atoms with Crippen molar-refractivity contribution in [2.45, 2.75) is 83.9 Å². The van der Waals surface area contributed by atoms with Crippen LogP contribution < -0.4 is 15.4 Å². The van der Waals surface area contributed by atoms with E-state index in [2.05, 4.69) is 17.6 Å². The molecular weight excluding hydrogens is 586 g/mol. The number of ether oxygens (including phenoxy) is 2. The Morgan fingerprint density at radius 2 is 1.52 bits per heavy atom. The summed E-state index contributed by atoms with van der Waals surface area (Å²) in [4.78, 5) is 43.2. The fourth-order valence-corrected chi connectivity index (χ4v) is 5.02. The smallest absolute Gasteiger partial charge is 0.408 e. The summed E-state index contributed by atoms with van der Waals surface area (Å²) in [5, 5.41) is 26.4. The second-order valence-corrected chi connectivity index (χ2v) is 12.2. The van der Waals surface area contributed by atoms with E-state index in [9.17, 15) is 24.6 Å². The number of rotatable bonds is 15. The lowest BCUT2D eigenvalue weighted by atomic mass is 9.98. The summed E-state index contributed by atoms with van der Waals surface area (Å²) in [5.74, 6) is -0.516. The van der Waals surface area contributed by atoms with E-state index in [0.717, 1.165) is 25.7 Å². The van der Waals surface area contributed by atoms with Crippen molar-refractivity contribution in [2.75, 3.05) is 19.0 Å². The molecule has 0 aromatic heterocycles. The number of methoxy groups -OCH3 is 1. The second kappa shape index (κ2) is 17.1. The van der Waals surface area contributed by atoms with E-state index < -0.39 is 35.6 Å². The van der Waals surface area contributed by atoms with Gasteiger partial charge in [-0.05, 0) is 75.2 Å². The van der Waals surface area contributed by atoms with Crippen LogP contribution in [0.1, 0.15) is 77.0 Å². The highest BCUT2D eigenvalue weighted by Crippen LogP contribution is 2.32. The maximum atomic E-state index is 14.6. The molecule has 2 unspecified atom stereocenters. The molecule has 3 amide bonds. The number of hydrogen-bond acceptors (Lipinski definition) is 7. The maximum Gasteiger partial charge on any atom is 0.408 e. The molecule has 2 atom stereocenters. The Morgan fingerprint density at radius 3 is 2.13 bits per heavy atom. The summed E-state index contributed by atoms with van der Waals surface area (Å²) in [7, 11) is 1.55. The highest BCUT2D eigenvalue weighted by molar-refractivity contribution is 5.99. The molecule has 0 heterocycles. The summed E-state index contributed by atoms with van der Waals surface area (Å²) in [6.07, 6.45) is 3.76. The highest BCUT2D eigenvalue weighted by atomic mass is 16.6. The van der Waals surface area contributed by atoms with Gasteiger partial charge in [0.2, 0.25) is 5.91 Å². The van der Waals surface area contributed by atoms with Crippen LogP contribution in [0, 0.1) is 0 Å². The number of phenolic OH excluding ortho intramolecular Hbond substituents is 2. The average molecular weight is 634 g/mol. The van der Waals surface area contributed by atoms with Crippen LogP contribution in [-0.2, 0) is 20.7 Å². The van der Waals surface area contributed by atoms with E-state index >= 15 is 0 Å². The van der Waals surface area contributed by atoms with Gasteiger partial charge in [-0.1, -0.05) is 62.9 Å². The summed E-state index contributed by atoms with van der Waals surface area (Å²) in [6.45, 7) is 7.49. The molecule has 0 aliphatic heterocycles. The topological polar surface area (TPSA) is 137 Å². The minimum absolute atomic E-state index is 0.0650. The van der Waals surface area contributed by atoms with Crippen LogP contribution >= 0.6 is 0 Å². The molecule has 0 spiro atoms. The molecule has 3 rings (SSSR count). The number of nitrogens with one attached hydrogen (secondary N) is 2. The van der Waals surface area contributed by atoms with Gasteiger partial charge in [0.25, 0.3) is 5.91 Å². The van der Waals surface area contributed by atoms with Crippen LogP contribution in [0.25, 0.3) is 0 Å². The molecule has 10 heteroatoms. The first-order valence-corrected chi connectivity index (χ1v) is 15.7. The highest BCUT2D eigenvalue weighted by Gasteiger charge is 2.37. The average Bonchev–Trinajstić information content (AvgIpc) is 3.01. The van der Waals surface area contributed by atoms with Gasteiger partial charge in [0, 0.05) is 24.2 Å². The van der Waals surface area contributed by atoms with Crippen LogP contribution in [0.3, 0.4) is 0 Å². The molecule has 0 saturated carbocycles. The lowest BCUT2D eigenvalue weighted by Gasteiger charge is -2.35. The van der Waals surface area contributed by atoms with E-state index in [1.165, 1.54) is 23.1 Å². The van der Waals surface area contributed by atoms with Crippen molar-refractivity contribution in [3.05, 3.63) is 83.9 Å². The predicted molar refractivity (Wildman–Crippen MR) is 178 cm³/mol. The van der Waals surface area contributed by atoms with Crippen LogP contribution in [0.15, 0.2) is 72.8 Å². The molecule has 0 fully saturated rings. The van der Waals surface area contributed by atoms with E-state index in [1.807, 2.05) is 0 Å². The molecule has 46 heavy (non-hydrogen) atoms. The Morgan fingerprint density at radius 1 is 0.870 bits per heavy atom. The Kier molecular flexibility index (Phi) is 13.3. The zero-order valence-corrected chi connectivity index (χ0v) is 27.4. The first kappa shape index (κ1) is 35.7. The Hall–Kier alpha value is -4.73. The minimum Gasteiger partial charge on any atom is -0.508 e. The van der Waals surface area contributed by atoms with Crippen molar-refractivity contribution in [3.8, 4) is 17.2 Å². The van der Waals surface area contributed by atoms with Gasteiger partial charge in [-0.3, -0.25) is 9.59 Å². The van der Waals surface area contributed by atoms with E-state index in [0.29, 0.717) is 23.4 Å². The fourth-order valence-electron chi connectivity index (χ4n) is 5.02. The molecule has 0 radical (unpaired) electrons. The van der Waals surface area contributed by atoms with Gasteiger partial charge >= 0.3 is 6.09 Å². The van der Waals surface area contributed by atoms with E-state index in [4.69, 9.17) is 9.47 Å². The Balaban J connectivity index is 2.06. The first-order chi connectivity index (χ1) is 21.9. The molecule has 3 aromatic rings. The number of hydrogen-bond donors (Lipinski definition) is 4. The van der Waals surface area contributed by atoms with Crippen LogP contribution in [0.4, 0.5) is 10.5 Å². The summed E-state index contributed by atoms with van der Waals surface area (Å²) < 4.78 is 10.7. The Bertz CT molecular complexity index is 1420. The van der Waals surface area contributed by atoms with E-state index in [-0.39, 0.29) is 30.0 Å². The Labute approximate surface area is 271 Å². The van der Waals surface area contributed by atoms with Gasteiger partial charge in [0.1, 0.15) is 34.9 Å². The third-order valence-corrected chi connectivity index (χ3v) is 7.30. The number of para-hydroxylation sites is 1. The van der Waals surface area contributed by atoms with Gasteiger partial charge in [-0.15, -0.1) is 0 Å². The third kappa shape index (κ3) is 11.0. The largest absolute Gasteiger partial charge is 0.508 e. The minimum atomic E-state index is -1.23. The molecule has 3 aromatic carbocycles. The van der Waals surface area contributed by atoms with Gasteiger partial charge in [-0.25, -0.2) is 4.79 Å². The number of phenols is 2. The summed E-state index contributed by atoms with van der Waals surface area (Å²) in [6, 6.07) is 17.2. The third-order valence-electron chi connectivity index (χ3n) is 7.30.